The molecule has 28 heavy (non-hydrogen) atoms. The monoisotopic (exact) mass is 393 g/mol. The average molecular weight is 394 g/mol. The molecule has 0 aromatic heterocycles. The topological polar surface area (TPSA) is 47.6 Å². The van der Waals surface area contributed by atoms with Crippen molar-refractivity contribution < 1.29 is 14.3 Å². The number of ether oxygens (including phenoxy) is 2. The van der Waals surface area contributed by atoms with Gasteiger partial charge in [-0.1, -0.05) is 54.1 Å². The number of nitrogens with one attached hydrogen (secondary N) is 1. The van der Waals surface area contributed by atoms with Gasteiger partial charge >= 0.3 is 0 Å². The molecule has 1 amide bonds. The summed E-state index contributed by atoms with van der Waals surface area (Å²) in [5, 5.41) is 3.78. The molecule has 0 radical (unpaired) electrons. The van der Waals surface area contributed by atoms with Gasteiger partial charge in [-0.15, -0.1) is 0 Å². The number of carbonyl (C=O) groups excluding carboxylic acids is 1. The van der Waals surface area contributed by atoms with Crippen molar-refractivity contribution >= 4 is 17.5 Å². The molecule has 4 rings (SSSR count). The first kappa shape index (κ1) is 18.4. The Bertz CT molecular complexity index is 973. The summed E-state index contributed by atoms with van der Waals surface area (Å²) >= 11 is 6.05. The quantitative estimate of drug-likeness (QED) is 0.691. The second kappa shape index (κ2) is 7.95. The van der Waals surface area contributed by atoms with Gasteiger partial charge in [0, 0.05) is 11.4 Å². The number of methoxy groups -OCH3 is 1. The Hall–Kier alpha value is -2.98. The van der Waals surface area contributed by atoms with Gasteiger partial charge in [0.15, 0.2) is 6.10 Å². The van der Waals surface area contributed by atoms with Crippen molar-refractivity contribution in [2.75, 3.05) is 7.11 Å². The zero-order chi connectivity index (χ0) is 19.5. The molecule has 5 heteroatoms. The lowest BCUT2D eigenvalue weighted by Crippen LogP contribution is -2.40. The van der Waals surface area contributed by atoms with Crippen molar-refractivity contribution in [1.82, 2.24) is 5.32 Å². The van der Waals surface area contributed by atoms with E-state index >= 15 is 0 Å². The molecule has 1 aliphatic rings. The van der Waals surface area contributed by atoms with Crippen molar-refractivity contribution in [3.8, 4) is 11.5 Å². The molecule has 0 aliphatic carbocycles. The van der Waals surface area contributed by atoms with E-state index in [2.05, 4.69) is 5.32 Å². The first-order valence-corrected chi connectivity index (χ1v) is 9.46. The summed E-state index contributed by atoms with van der Waals surface area (Å²) < 4.78 is 11.1. The third-order valence-corrected chi connectivity index (χ3v) is 5.09. The first-order valence-electron chi connectivity index (χ1n) is 9.08. The number of fused-ring (bicyclic) bond motifs is 1. The van der Waals surface area contributed by atoms with Gasteiger partial charge in [0.2, 0.25) is 0 Å². The average Bonchev–Trinajstić information content (AvgIpc) is 3.16. The van der Waals surface area contributed by atoms with Crippen molar-refractivity contribution in [1.29, 1.82) is 0 Å². The number of hydrogen-bond donors (Lipinski definition) is 1. The number of rotatable bonds is 5. The summed E-state index contributed by atoms with van der Waals surface area (Å²) in [6.45, 7) is 0. The number of amides is 1. The molecule has 1 aliphatic heterocycles. The van der Waals surface area contributed by atoms with Gasteiger partial charge in [0.05, 0.1) is 13.2 Å². The number of carbonyl (C=O) groups is 1. The lowest BCUT2D eigenvalue weighted by molar-refractivity contribution is -0.127. The highest BCUT2D eigenvalue weighted by Gasteiger charge is 2.31. The van der Waals surface area contributed by atoms with E-state index in [-0.39, 0.29) is 11.9 Å². The molecule has 1 heterocycles. The molecule has 0 unspecified atom stereocenters. The summed E-state index contributed by atoms with van der Waals surface area (Å²) in [5.74, 6) is 1.33. The Morgan fingerprint density at radius 3 is 2.50 bits per heavy atom. The van der Waals surface area contributed by atoms with Crippen molar-refractivity contribution in [2.45, 2.75) is 18.6 Å². The highest BCUT2D eigenvalue weighted by molar-refractivity contribution is 6.30. The number of halogens is 1. The fourth-order valence-electron chi connectivity index (χ4n) is 3.40. The fraction of sp³-hybridized carbons (Fsp3) is 0.174. The minimum absolute atomic E-state index is 0.156. The van der Waals surface area contributed by atoms with Crippen LogP contribution >= 0.6 is 11.6 Å². The van der Waals surface area contributed by atoms with E-state index in [1.165, 1.54) is 0 Å². The van der Waals surface area contributed by atoms with Gasteiger partial charge in [0.1, 0.15) is 11.5 Å². The van der Waals surface area contributed by atoms with E-state index in [0.717, 1.165) is 22.4 Å². The fourth-order valence-corrected chi connectivity index (χ4v) is 3.59. The van der Waals surface area contributed by atoms with E-state index in [9.17, 15) is 4.79 Å². The van der Waals surface area contributed by atoms with Gasteiger partial charge in [-0.05, 0) is 47.0 Å². The molecule has 0 bridgehead atoms. The van der Waals surface area contributed by atoms with Gasteiger partial charge in [-0.2, -0.15) is 0 Å². The summed E-state index contributed by atoms with van der Waals surface area (Å²) in [6, 6.07) is 22.7. The van der Waals surface area contributed by atoms with E-state index in [1.54, 1.807) is 13.2 Å². The molecule has 0 fully saturated rings. The van der Waals surface area contributed by atoms with Crippen LogP contribution in [0.25, 0.3) is 0 Å². The second-order valence-corrected chi connectivity index (χ2v) is 7.12. The highest BCUT2D eigenvalue weighted by atomic mass is 35.5. The lowest BCUT2D eigenvalue weighted by atomic mass is 9.98. The minimum Gasteiger partial charge on any atom is -0.497 e. The minimum atomic E-state index is -0.571. The van der Waals surface area contributed by atoms with Crippen LogP contribution in [0.1, 0.15) is 22.7 Å². The molecule has 3 aromatic rings. The van der Waals surface area contributed by atoms with Crippen molar-refractivity contribution in [3.63, 3.8) is 0 Å². The van der Waals surface area contributed by atoms with Crippen LogP contribution in [-0.2, 0) is 11.2 Å². The molecule has 0 saturated carbocycles. The number of benzene rings is 3. The number of hydrogen-bond acceptors (Lipinski definition) is 3. The Labute approximate surface area is 169 Å². The third kappa shape index (κ3) is 3.82. The SMILES string of the molecule is COc1ccc([C@@H](NC(=O)[C@H]2Cc3cc(Cl)ccc3O2)c2ccccc2)cc1. The maximum Gasteiger partial charge on any atom is 0.262 e. The smallest absolute Gasteiger partial charge is 0.262 e. The zero-order valence-electron chi connectivity index (χ0n) is 15.4. The Balaban J connectivity index is 1.56. The molecular weight excluding hydrogens is 374 g/mol. The van der Waals surface area contributed by atoms with E-state index in [4.69, 9.17) is 21.1 Å². The maximum absolute atomic E-state index is 13.0. The zero-order valence-corrected chi connectivity index (χ0v) is 16.1. The second-order valence-electron chi connectivity index (χ2n) is 6.69. The summed E-state index contributed by atoms with van der Waals surface area (Å²) in [4.78, 5) is 13.0. The third-order valence-electron chi connectivity index (χ3n) is 4.86. The van der Waals surface area contributed by atoms with Crippen LogP contribution in [0.15, 0.2) is 72.8 Å². The lowest BCUT2D eigenvalue weighted by Gasteiger charge is -2.22. The summed E-state index contributed by atoms with van der Waals surface area (Å²) in [5.41, 5.74) is 2.92. The van der Waals surface area contributed by atoms with Gasteiger partial charge in [-0.3, -0.25) is 4.79 Å². The van der Waals surface area contributed by atoms with Crippen LogP contribution in [0.2, 0.25) is 5.02 Å². The summed E-state index contributed by atoms with van der Waals surface area (Å²) in [6.07, 6.45) is -0.0656. The molecular formula is C23H20ClNO3. The van der Waals surface area contributed by atoms with Crippen LogP contribution in [0.5, 0.6) is 11.5 Å². The Morgan fingerprint density at radius 1 is 1.07 bits per heavy atom. The molecule has 2 atom stereocenters. The molecule has 3 aromatic carbocycles. The predicted octanol–water partition coefficient (Wildman–Crippen LogP) is 4.56. The molecule has 0 saturated heterocycles. The Morgan fingerprint density at radius 2 is 1.79 bits per heavy atom. The largest absolute Gasteiger partial charge is 0.497 e. The first-order chi connectivity index (χ1) is 13.6. The van der Waals surface area contributed by atoms with Crippen molar-refractivity contribution in [2.24, 2.45) is 0 Å². The highest BCUT2D eigenvalue weighted by Crippen LogP contribution is 2.32. The predicted molar refractivity (Wildman–Crippen MR) is 109 cm³/mol. The van der Waals surface area contributed by atoms with Gasteiger partial charge in [-0.25, -0.2) is 0 Å². The van der Waals surface area contributed by atoms with E-state index in [1.807, 2.05) is 66.7 Å². The van der Waals surface area contributed by atoms with Crippen LogP contribution in [0.3, 0.4) is 0 Å². The maximum atomic E-state index is 13.0. The van der Waals surface area contributed by atoms with Crippen molar-refractivity contribution in [3.05, 3.63) is 94.5 Å². The van der Waals surface area contributed by atoms with Gasteiger partial charge in [0.25, 0.3) is 5.91 Å². The standard InChI is InChI=1S/C23H20ClNO3/c1-27-19-10-7-16(8-11-19)22(15-5-3-2-4-6-15)25-23(26)21-14-17-13-18(24)9-12-20(17)28-21/h2-13,21-22H,14H2,1H3,(H,25,26)/t21-,22+/m1/s1. The molecule has 4 nitrogen and oxygen atoms in total. The molecule has 1 N–H and O–H groups in total. The summed E-state index contributed by atoms with van der Waals surface area (Å²) in [7, 11) is 1.63. The normalized spacial score (nSPS) is 16.0. The van der Waals surface area contributed by atoms with E-state index < -0.39 is 6.10 Å². The van der Waals surface area contributed by atoms with E-state index in [0.29, 0.717) is 17.2 Å². The van der Waals surface area contributed by atoms with Crippen LogP contribution in [-0.4, -0.2) is 19.1 Å². The Kier molecular flexibility index (Phi) is 5.22. The van der Waals surface area contributed by atoms with Gasteiger partial charge < -0.3 is 14.8 Å². The molecule has 0 spiro atoms. The van der Waals surface area contributed by atoms with Crippen LogP contribution in [0.4, 0.5) is 0 Å². The molecule has 142 valence electrons. The van der Waals surface area contributed by atoms with Crippen LogP contribution < -0.4 is 14.8 Å². The van der Waals surface area contributed by atoms with Crippen LogP contribution in [0, 0.1) is 0 Å².